The minimum Gasteiger partial charge on any atom is -0.247 e. The molecular weight excluding hydrogens is 259 g/mol. The van der Waals surface area contributed by atoms with E-state index >= 15 is 0 Å². The lowest BCUT2D eigenvalue weighted by Crippen LogP contribution is -2.20. The summed E-state index contributed by atoms with van der Waals surface area (Å²) < 4.78 is 12.8. The smallest absolute Gasteiger partial charge is 0.108 e. The first-order chi connectivity index (χ1) is 10.0. The van der Waals surface area contributed by atoms with Gasteiger partial charge in [0.15, 0.2) is 0 Å². The maximum Gasteiger partial charge on any atom is 0.108 e. The highest BCUT2D eigenvalue weighted by atomic mass is 19.1. The lowest BCUT2D eigenvalue weighted by molar-refractivity contribution is 0.262. The Hall–Kier alpha value is -1.11. The van der Waals surface area contributed by atoms with E-state index < -0.39 is 6.67 Å². The van der Waals surface area contributed by atoms with Crippen molar-refractivity contribution >= 4 is 0 Å². The maximum atomic E-state index is 12.8. The van der Waals surface area contributed by atoms with Crippen LogP contribution in [0.2, 0.25) is 0 Å². The van der Waals surface area contributed by atoms with Crippen LogP contribution in [-0.4, -0.2) is 6.67 Å². The molecule has 0 aliphatic rings. The third-order valence-corrected chi connectivity index (χ3v) is 4.52. The van der Waals surface area contributed by atoms with Gasteiger partial charge < -0.3 is 0 Å². The zero-order chi connectivity index (χ0) is 16.3. The van der Waals surface area contributed by atoms with Gasteiger partial charge in [0.05, 0.1) is 0 Å². The molecule has 3 unspecified atom stereocenters. The molecule has 120 valence electrons. The van der Waals surface area contributed by atoms with Gasteiger partial charge in [-0.3, -0.25) is 0 Å². The molecule has 0 nitrogen and oxygen atoms in total. The van der Waals surface area contributed by atoms with Gasteiger partial charge >= 0.3 is 0 Å². The van der Waals surface area contributed by atoms with Crippen LogP contribution in [-0.2, 0) is 0 Å². The molecule has 0 rings (SSSR count). The fourth-order valence-electron chi connectivity index (χ4n) is 2.94. The molecule has 0 aromatic carbocycles. The SMILES string of the molecule is C=CC(CC(=C/CF)/C(C)=C/C=C\C)C(CC)C(C)CC. The van der Waals surface area contributed by atoms with Crippen molar-refractivity contribution in [2.75, 3.05) is 6.67 Å². The first-order valence-corrected chi connectivity index (χ1v) is 8.22. The van der Waals surface area contributed by atoms with Crippen LogP contribution >= 0.6 is 0 Å². The van der Waals surface area contributed by atoms with E-state index in [-0.39, 0.29) is 0 Å². The van der Waals surface area contributed by atoms with Gasteiger partial charge in [0, 0.05) is 0 Å². The average molecular weight is 292 g/mol. The Morgan fingerprint density at radius 1 is 1.24 bits per heavy atom. The molecule has 21 heavy (non-hydrogen) atoms. The van der Waals surface area contributed by atoms with E-state index in [1.807, 2.05) is 19.1 Å². The molecule has 0 heterocycles. The molecule has 0 aromatic heterocycles. The summed E-state index contributed by atoms with van der Waals surface area (Å²) in [5, 5.41) is 0. The summed E-state index contributed by atoms with van der Waals surface area (Å²) in [6.07, 6.45) is 13.1. The molecular formula is C20H33F. The Labute approximate surface area is 131 Å². The number of hydrogen-bond acceptors (Lipinski definition) is 0. The molecule has 0 saturated heterocycles. The first-order valence-electron chi connectivity index (χ1n) is 8.22. The molecule has 0 spiro atoms. The lowest BCUT2D eigenvalue weighted by atomic mass is 9.76. The van der Waals surface area contributed by atoms with E-state index in [1.165, 1.54) is 6.42 Å². The van der Waals surface area contributed by atoms with E-state index in [0.717, 1.165) is 24.0 Å². The van der Waals surface area contributed by atoms with Crippen molar-refractivity contribution in [3.8, 4) is 0 Å². The predicted molar refractivity (Wildman–Crippen MR) is 94.2 cm³/mol. The Morgan fingerprint density at radius 2 is 1.90 bits per heavy atom. The lowest BCUT2D eigenvalue weighted by Gasteiger charge is -2.29. The summed E-state index contributed by atoms with van der Waals surface area (Å²) in [6.45, 7) is 14.5. The van der Waals surface area contributed by atoms with E-state index in [0.29, 0.717) is 17.8 Å². The number of alkyl halides is 1. The van der Waals surface area contributed by atoms with E-state index in [1.54, 1.807) is 6.08 Å². The van der Waals surface area contributed by atoms with Gasteiger partial charge in [0.25, 0.3) is 0 Å². The standard InChI is InChI=1S/C20H33F/c1-7-11-12-17(6)19(13-14-21)15-18(9-3)20(10-4)16(5)8-2/h7,9,11-13,16,18,20H,3,8,10,14-15H2,1-2,4-6H3/b11-7-,17-12+,19-13-. The van der Waals surface area contributed by atoms with E-state index in [9.17, 15) is 4.39 Å². The Kier molecular flexibility index (Phi) is 10.9. The summed E-state index contributed by atoms with van der Waals surface area (Å²) in [5.41, 5.74) is 2.26. The zero-order valence-electron chi connectivity index (χ0n) is 14.5. The number of halogens is 1. The van der Waals surface area contributed by atoms with Crippen molar-refractivity contribution in [3.05, 3.63) is 48.1 Å². The molecule has 0 aromatic rings. The van der Waals surface area contributed by atoms with Crippen LogP contribution in [0.15, 0.2) is 48.1 Å². The molecule has 0 aliphatic heterocycles. The summed E-state index contributed by atoms with van der Waals surface area (Å²) in [4.78, 5) is 0. The number of allylic oxidation sites excluding steroid dienone is 7. The Bertz CT molecular complexity index is 373. The van der Waals surface area contributed by atoms with Gasteiger partial charge in [-0.05, 0) is 49.2 Å². The fraction of sp³-hybridized carbons (Fsp3) is 0.600. The quantitative estimate of drug-likeness (QED) is 0.311. The second kappa shape index (κ2) is 11.5. The third kappa shape index (κ3) is 6.93. The van der Waals surface area contributed by atoms with E-state index in [2.05, 4.69) is 46.4 Å². The highest BCUT2D eigenvalue weighted by Gasteiger charge is 2.23. The van der Waals surface area contributed by atoms with Gasteiger partial charge in [-0.2, -0.15) is 0 Å². The van der Waals surface area contributed by atoms with Crippen LogP contribution in [0.4, 0.5) is 4.39 Å². The predicted octanol–water partition coefficient (Wildman–Crippen LogP) is 6.67. The van der Waals surface area contributed by atoms with Crippen molar-refractivity contribution in [3.63, 3.8) is 0 Å². The van der Waals surface area contributed by atoms with Gasteiger partial charge in [-0.25, -0.2) is 4.39 Å². The molecule has 0 saturated carbocycles. The third-order valence-electron chi connectivity index (χ3n) is 4.52. The number of rotatable bonds is 10. The summed E-state index contributed by atoms with van der Waals surface area (Å²) in [5.74, 6) is 1.70. The summed E-state index contributed by atoms with van der Waals surface area (Å²) in [7, 11) is 0. The minimum atomic E-state index is -0.402. The average Bonchev–Trinajstić information content (AvgIpc) is 2.50. The van der Waals surface area contributed by atoms with Gasteiger partial charge in [0.1, 0.15) is 6.67 Å². The van der Waals surface area contributed by atoms with Crippen molar-refractivity contribution in [1.29, 1.82) is 0 Å². The fourth-order valence-corrected chi connectivity index (χ4v) is 2.94. The Balaban J connectivity index is 5.20. The van der Waals surface area contributed by atoms with Crippen molar-refractivity contribution in [1.82, 2.24) is 0 Å². The monoisotopic (exact) mass is 292 g/mol. The second-order valence-electron chi connectivity index (χ2n) is 5.82. The highest BCUT2D eigenvalue weighted by Crippen LogP contribution is 2.33. The normalized spacial score (nSPS) is 17.8. The molecule has 3 atom stereocenters. The van der Waals surface area contributed by atoms with E-state index in [4.69, 9.17) is 0 Å². The van der Waals surface area contributed by atoms with Crippen LogP contribution in [0, 0.1) is 17.8 Å². The van der Waals surface area contributed by atoms with Crippen molar-refractivity contribution in [2.24, 2.45) is 17.8 Å². The molecule has 0 amide bonds. The maximum absolute atomic E-state index is 12.8. The molecule has 0 N–H and O–H groups in total. The second-order valence-corrected chi connectivity index (χ2v) is 5.82. The summed E-state index contributed by atoms with van der Waals surface area (Å²) in [6, 6.07) is 0. The van der Waals surface area contributed by atoms with Crippen LogP contribution in [0.1, 0.15) is 53.9 Å². The van der Waals surface area contributed by atoms with Crippen LogP contribution < -0.4 is 0 Å². The molecule has 0 aliphatic carbocycles. The Morgan fingerprint density at radius 3 is 2.33 bits per heavy atom. The van der Waals surface area contributed by atoms with Gasteiger partial charge in [0.2, 0.25) is 0 Å². The van der Waals surface area contributed by atoms with Crippen molar-refractivity contribution in [2.45, 2.75) is 53.9 Å². The molecule has 1 heteroatoms. The van der Waals surface area contributed by atoms with Crippen LogP contribution in [0.3, 0.4) is 0 Å². The highest BCUT2D eigenvalue weighted by molar-refractivity contribution is 5.33. The molecule has 0 bridgehead atoms. The van der Waals surface area contributed by atoms with Gasteiger partial charge in [-0.15, -0.1) is 6.58 Å². The molecule has 0 radical (unpaired) electrons. The zero-order valence-corrected chi connectivity index (χ0v) is 14.5. The largest absolute Gasteiger partial charge is 0.247 e. The summed E-state index contributed by atoms with van der Waals surface area (Å²) >= 11 is 0. The van der Waals surface area contributed by atoms with Crippen molar-refractivity contribution < 1.29 is 4.39 Å². The topological polar surface area (TPSA) is 0 Å². The minimum absolute atomic E-state index is 0.402. The van der Waals surface area contributed by atoms with Gasteiger partial charge in [-0.1, -0.05) is 64.0 Å². The number of hydrogen-bond donors (Lipinski definition) is 0. The van der Waals surface area contributed by atoms with Crippen LogP contribution in [0.5, 0.6) is 0 Å². The molecule has 0 fully saturated rings. The van der Waals surface area contributed by atoms with Crippen LogP contribution in [0.25, 0.3) is 0 Å². The first kappa shape index (κ1) is 19.9.